The Balaban J connectivity index is 1.24. The summed E-state index contributed by atoms with van der Waals surface area (Å²) in [6.45, 7) is 2.45. The summed E-state index contributed by atoms with van der Waals surface area (Å²) >= 11 is 0. The van der Waals surface area contributed by atoms with Crippen molar-refractivity contribution in [3.8, 4) is 5.75 Å². The van der Waals surface area contributed by atoms with Gasteiger partial charge in [0.25, 0.3) is 0 Å². The van der Waals surface area contributed by atoms with Crippen molar-refractivity contribution in [2.75, 3.05) is 31.1 Å². The van der Waals surface area contributed by atoms with Gasteiger partial charge in [-0.05, 0) is 43.0 Å². The zero-order valence-corrected chi connectivity index (χ0v) is 16.0. The molecule has 2 amide bonds. The highest BCUT2D eigenvalue weighted by molar-refractivity contribution is 5.97. The molecule has 0 saturated carbocycles. The summed E-state index contributed by atoms with van der Waals surface area (Å²) in [7, 11) is 0. The summed E-state index contributed by atoms with van der Waals surface area (Å²) in [5.41, 5.74) is 2.31. The van der Waals surface area contributed by atoms with E-state index in [-0.39, 0.29) is 17.7 Å². The molecule has 146 valence electrons. The molecule has 1 fully saturated rings. The second-order valence-corrected chi connectivity index (χ2v) is 7.44. The molecule has 2 aliphatic heterocycles. The van der Waals surface area contributed by atoms with Gasteiger partial charge >= 0.3 is 0 Å². The van der Waals surface area contributed by atoms with Crippen molar-refractivity contribution in [1.82, 2.24) is 4.90 Å². The van der Waals surface area contributed by atoms with E-state index in [1.165, 1.54) is 5.56 Å². The van der Waals surface area contributed by atoms with Crippen LogP contribution in [0.5, 0.6) is 5.75 Å². The van der Waals surface area contributed by atoms with Crippen molar-refractivity contribution in [2.24, 2.45) is 5.92 Å². The Bertz CT molecular complexity index is 829. The first-order chi connectivity index (χ1) is 13.7. The van der Waals surface area contributed by atoms with Gasteiger partial charge in [0.05, 0.1) is 13.0 Å². The average molecular weight is 378 g/mol. The third kappa shape index (κ3) is 4.03. The standard InChI is InChI=1S/C23H26N2O3/c26-22(13-17-28-20-7-2-1-3-8-20)24-14-10-19(11-15-24)23(27)25-16-12-18-6-4-5-9-21(18)25/h1-9,19H,10-17H2. The Morgan fingerprint density at radius 3 is 2.43 bits per heavy atom. The zero-order chi connectivity index (χ0) is 19.3. The molecule has 0 N–H and O–H groups in total. The molecular formula is C23H26N2O3. The minimum atomic E-state index is 0.00998. The van der Waals surface area contributed by atoms with Gasteiger partial charge in [-0.2, -0.15) is 0 Å². The van der Waals surface area contributed by atoms with Crippen molar-refractivity contribution in [2.45, 2.75) is 25.7 Å². The lowest BCUT2D eigenvalue weighted by atomic mass is 9.95. The molecule has 5 heteroatoms. The zero-order valence-electron chi connectivity index (χ0n) is 16.0. The largest absolute Gasteiger partial charge is 0.493 e. The van der Waals surface area contributed by atoms with Crippen molar-refractivity contribution in [3.63, 3.8) is 0 Å². The number of carbonyl (C=O) groups excluding carboxylic acids is 2. The molecule has 0 aliphatic carbocycles. The van der Waals surface area contributed by atoms with E-state index in [0.717, 1.165) is 37.2 Å². The number of piperidine rings is 1. The Kier molecular flexibility index (Phi) is 5.60. The Labute approximate surface area is 165 Å². The van der Waals surface area contributed by atoms with Crippen LogP contribution in [0.25, 0.3) is 0 Å². The average Bonchev–Trinajstić information content (AvgIpc) is 3.18. The Morgan fingerprint density at radius 1 is 0.929 bits per heavy atom. The minimum Gasteiger partial charge on any atom is -0.493 e. The van der Waals surface area contributed by atoms with Crippen LogP contribution >= 0.6 is 0 Å². The van der Waals surface area contributed by atoms with Gasteiger partial charge < -0.3 is 14.5 Å². The molecular weight excluding hydrogens is 352 g/mol. The number of hydrogen-bond acceptors (Lipinski definition) is 3. The summed E-state index contributed by atoms with van der Waals surface area (Å²) in [5, 5.41) is 0. The number of anilines is 1. The lowest BCUT2D eigenvalue weighted by Crippen LogP contribution is -2.44. The summed E-state index contributed by atoms with van der Waals surface area (Å²) < 4.78 is 5.62. The molecule has 5 nitrogen and oxygen atoms in total. The SMILES string of the molecule is O=C(CCOc1ccccc1)N1CCC(C(=O)N2CCc3ccccc32)CC1. The van der Waals surface area contributed by atoms with Crippen molar-refractivity contribution in [3.05, 3.63) is 60.2 Å². The van der Waals surface area contributed by atoms with Gasteiger partial charge in [-0.15, -0.1) is 0 Å². The predicted molar refractivity (Wildman–Crippen MR) is 108 cm³/mol. The fraction of sp³-hybridized carbons (Fsp3) is 0.391. The lowest BCUT2D eigenvalue weighted by Gasteiger charge is -2.33. The maximum Gasteiger partial charge on any atom is 0.230 e. The number of carbonyl (C=O) groups is 2. The van der Waals surface area contributed by atoms with E-state index < -0.39 is 0 Å². The number of amides is 2. The maximum absolute atomic E-state index is 13.0. The molecule has 2 aromatic rings. The third-order valence-electron chi connectivity index (χ3n) is 5.68. The lowest BCUT2D eigenvalue weighted by molar-refractivity contribution is -0.135. The van der Waals surface area contributed by atoms with Gasteiger partial charge in [-0.1, -0.05) is 36.4 Å². The highest BCUT2D eigenvalue weighted by atomic mass is 16.5. The van der Waals surface area contributed by atoms with E-state index in [4.69, 9.17) is 4.74 Å². The van der Waals surface area contributed by atoms with Gasteiger partial charge in [-0.25, -0.2) is 0 Å². The number of rotatable bonds is 5. The quantitative estimate of drug-likeness (QED) is 0.802. The topological polar surface area (TPSA) is 49.9 Å². The maximum atomic E-state index is 13.0. The molecule has 0 aromatic heterocycles. The van der Waals surface area contributed by atoms with Crippen LogP contribution in [-0.2, 0) is 16.0 Å². The van der Waals surface area contributed by atoms with E-state index in [1.54, 1.807) is 0 Å². The van der Waals surface area contributed by atoms with Crippen LogP contribution < -0.4 is 9.64 Å². The van der Waals surface area contributed by atoms with Gasteiger partial charge in [0.2, 0.25) is 11.8 Å². The smallest absolute Gasteiger partial charge is 0.230 e. The number of likely N-dealkylation sites (tertiary alicyclic amines) is 1. The number of hydrogen-bond donors (Lipinski definition) is 0. The molecule has 0 unspecified atom stereocenters. The molecule has 1 saturated heterocycles. The van der Waals surface area contributed by atoms with Gasteiger partial charge in [0.1, 0.15) is 5.75 Å². The van der Waals surface area contributed by atoms with E-state index in [1.807, 2.05) is 58.3 Å². The van der Waals surface area contributed by atoms with Crippen molar-refractivity contribution in [1.29, 1.82) is 0 Å². The van der Waals surface area contributed by atoms with Crippen LogP contribution in [-0.4, -0.2) is 43.0 Å². The molecule has 2 aromatic carbocycles. The predicted octanol–water partition coefficient (Wildman–Crippen LogP) is 3.28. The monoisotopic (exact) mass is 378 g/mol. The number of para-hydroxylation sites is 2. The first kappa shape index (κ1) is 18.5. The van der Waals surface area contributed by atoms with Gasteiger partial charge in [0, 0.05) is 31.2 Å². The molecule has 28 heavy (non-hydrogen) atoms. The van der Waals surface area contributed by atoms with Crippen LogP contribution in [0.4, 0.5) is 5.69 Å². The van der Waals surface area contributed by atoms with E-state index in [9.17, 15) is 9.59 Å². The molecule has 4 rings (SSSR count). The van der Waals surface area contributed by atoms with Crippen LogP contribution in [0.3, 0.4) is 0 Å². The van der Waals surface area contributed by atoms with Crippen LogP contribution in [0.1, 0.15) is 24.8 Å². The van der Waals surface area contributed by atoms with Gasteiger partial charge in [-0.3, -0.25) is 9.59 Å². The molecule has 0 spiro atoms. The summed E-state index contributed by atoms with van der Waals surface area (Å²) in [5.74, 6) is 1.11. The molecule has 0 radical (unpaired) electrons. The van der Waals surface area contributed by atoms with Gasteiger partial charge in [0.15, 0.2) is 0 Å². The van der Waals surface area contributed by atoms with Crippen molar-refractivity contribution >= 4 is 17.5 Å². The molecule has 2 heterocycles. The number of nitrogens with zero attached hydrogens (tertiary/aromatic N) is 2. The molecule has 0 atom stereocenters. The first-order valence-electron chi connectivity index (χ1n) is 10.1. The summed E-state index contributed by atoms with van der Waals surface area (Å²) in [6.07, 6.45) is 2.78. The van der Waals surface area contributed by atoms with E-state index in [0.29, 0.717) is 26.1 Å². The second-order valence-electron chi connectivity index (χ2n) is 7.44. The molecule has 0 bridgehead atoms. The van der Waals surface area contributed by atoms with E-state index in [2.05, 4.69) is 6.07 Å². The fourth-order valence-corrected chi connectivity index (χ4v) is 4.09. The number of fused-ring (bicyclic) bond motifs is 1. The van der Waals surface area contributed by atoms with Crippen LogP contribution in [0.15, 0.2) is 54.6 Å². The number of ether oxygens (including phenoxy) is 1. The Morgan fingerprint density at radius 2 is 1.64 bits per heavy atom. The second kappa shape index (κ2) is 8.46. The first-order valence-corrected chi connectivity index (χ1v) is 10.1. The summed E-state index contributed by atoms with van der Waals surface area (Å²) in [4.78, 5) is 29.2. The normalized spacial score (nSPS) is 16.7. The highest BCUT2D eigenvalue weighted by Gasteiger charge is 2.33. The fourth-order valence-electron chi connectivity index (χ4n) is 4.09. The minimum absolute atomic E-state index is 0.00998. The highest BCUT2D eigenvalue weighted by Crippen LogP contribution is 2.31. The number of benzene rings is 2. The van der Waals surface area contributed by atoms with E-state index >= 15 is 0 Å². The van der Waals surface area contributed by atoms with Crippen LogP contribution in [0, 0.1) is 5.92 Å². The molecule has 2 aliphatic rings. The van der Waals surface area contributed by atoms with Crippen LogP contribution in [0.2, 0.25) is 0 Å². The Hall–Kier alpha value is -2.82. The third-order valence-corrected chi connectivity index (χ3v) is 5.68. The van der Waals surface area contributed by atoms with Crippen molar-refractivity contribution < 1.29 is 14.3 Å². The summed E-state index contributed by atoms with van der Waals surface area (Å²) in [6, 6.07) is 17.7.